The molecule has 19 heavy (non-hydrogen) atoms. The third kappa shape index (κ3) is 2.57. The highest BCUT2D eigenvalue weighted by Crippen LogP contribution is 2.38. The highest BCUT2D eigenvalue weighted by molar-refractivity contribution is 5.95. The van der Waals surface area contributed by atoms with Crippen LogP contribution in [-0.2, 0) is 6.42 Å². The molecule has 0 unspecified atom stereocenters. The van der Waals surface area contributed by atoms with E-state index in [1.165, 1.54) is 5.56 Å². The van der Waals surface area contributed by atoms with E-state index in [1.807, 2.05) is 19.2 Å². The number of hydrogen-bond acceptors (Lipinski definition) is 5. The summed E-state index contributed by atoms with van der Waals surface area (Å²) in [5, 5.41) is 8.00. The van der Waals surface area contributed by atoms with Crippen molar-refractivity contribution in [2.45, 2.75) is 12.8 Å². The Kier molecular flexibility index (Phi) is 4.39. The molecular weight excluding hydrogens is 266 g/mol. The number of ether oxygens (including phenoxy) is 1. The second-order valence-corrected chi connectivity index (χ2v) is 4.26. The van der Waals surface area contributed by atoms with Crippen LogP contribution < -0.4 is 10.1 Å². The van der Waals surface area contributed by atoms with Crippen molar-refractivity contribution < 1.29 is 9.26 Å². The zero-order valence-corrected chi connectivity index (χ0v) is 11.5. The summed E-state index contributed by atoms with van der Waals surface area (Å²) in [5.74, 6) is 1.49. The van der Waals surface area contributed by atoms with Crippen molar-refractivity contribution >= 4 is 35.4 Å². The van der Waals surface area contributed by atoms with Gasteiger partial charge in [0, 0.05) is 6.21 Å². The first-order valence-electron chi connectivity index (χ1n) is 6.11. The first kappa shape index (κ1) is 13.8. The summed E-state index contributed by atoms with van der Waals surface area (Å²) < 4.78 is 11.0. The zero-order chi connectivity index (χ0) is 12.4. The van der Waals surface area contributed by atoms with Crippen LogP contribution in [-0.4, -0.2) is 31.6 Å². The van der Waals surface area contributed by atoms with Crippen molar-refractivity contribution in [3.8, 4) is 5.75 Å². The second-order valence-electron chi connectivity index (χ2n) is 4.26. The third-order valence-corrected chi connectivity index (χ3v) is 3.04. The molecule has 6 heteroatoms. The lowest BCUT2D eigenvalue weighted by atomic mass is 10.1. The number of benzene rings is 1. The number of halogens is 1. The standard InChI is InChI=1S/C13H15N3O2.ClH/c1-14-6-2-3-9-4-5-10-11-12(9)17-8-7-15-13(11)16-18-10;/h4-5,7,14H,2-3,6,8H2,1H3;1H. The van der Waals surface area contributed by atoms with Crippen LogP contribution in [0.3, 0.4) is 0 Å². The minimum Gasteiger partial charge on any atom is -0.487 e. The molecule has 0 saturated carbocycles. The minimum absolute atomic E-state index is 0. The molecule has 2 aromatic rings. The maximum absolute atomic E-state index is 5.77. The number of nitrogens with one attached hydrogen (secondary N) is 1. The summed E-state index contributed by atoms with van der Waals surface area (Å²) in [7, 11) is 1.96. The molecular formula is C13H16ClN3O2. The first-order chi connectivity index (χ1) is 8.90. The smallest absolute Gasteiger partial charge is 0.206 e. The van der Waals surface area contributed by atoms with E-state index in [0.29, 0.717) is 12.4 Å². The normalized spacial score (nSPS) is 12.9. The molecule has 0 amide bonds. The molecule has 102 valence electrons. The first-order valence-corrected chi connectivity index (χ1v) is 6.11. The van der Waals surface area contributed by atoms with Crippen molar-refractivity contribution in [3.63, 3.8) is 0 Å². The Balaban J connectivity index is 0.00000133. The lowest BCUT2D eigenvalue weighted by Crippen LogP contribution is -2.09. The summed E-state index contributed by atoms with van der Waals surface area (Å²) in [6.07, 6.45) is 3.76. The van der Waals surface area contributed by atoms with Crippen LogP contribution in [0.1, 0.15) is 12.0 Å². The lowest BCUT2D eigenvalue weighted by Gasteiger charge is -2.09. The Morgan fingerprint density at radius 3 is 3.11 bits per heavy atom. The van der Waals surface area contributed by atoms with Crippen LogP contribution >= 0.6 is 12.4 Å². The van der Waals surface area contributed by atoms with Gasteiger partial charge in [-0.25, -0.2) is 4.99 Å². The number of hydrogen-bond donors (Lipinski definition) is 1. The number of aliphatic imine (C=N–C) groups is 1. The molecule has 3 rings (SSSR count). The van der Waals surface area contributed by atoms with Crippen molar-refractivity contribution in [1.82, 2.24) is 10.5 Å². The maximum Gasteiger partial charge on any atom is 0.206 e. The molecule has 5 nitrogen and oxygen atoms in total. The Bertz CT molecular complexity index is 595. The predicted molar refractivity (Wildman–Crippen MR) is 77.2 cm³/mol. The van der Waals surface area contributed by atoms with Gasteiger partial charge < -0.3 is 14.6 Å². The van der Waals surface area contributed by atoms with E-state index in [9.17, 15) is 0 Å². The summed E-state index contributed by atoms with van der Waals surface area (Å²) in [5.41, 5.74) is 1.92. The topological polar surface area (TPSA) is 59.7 Å². The fourth-order valence-corrected chi connectivity index (χ4v) is 2.18. The molecule has 0 bridgehead atoms. The van der Waals surface area contributed by atoms with E-state index in [1.54, 1.807) is 6.21 Å². The summed E-state index contributed by atoms with van der Waals surface area (Å²) in [6.45, 7) is 1.47. The van der Waals surface area contributed by atoms with E-state index in [-0.39, 0.29) is 12.4 Å². The zero-order valence-electron chi connectivity index (χ0n) is 10.7. The molecule has 0 fully saturated rings. The second kappa shape index (κ2) is 6.04. The SMILES string of the molecule is CNCCCc1ccc2onc3c2c1OCC=N3.Cl. The van der Waals surface area contributed by atoms with Crippen molar-refractivity contribution in [2.75, 3.05) is 20.2 Å². The van der Waals surface area contributed by atoms with Crippen LogP contribution in [0.25, 0.3) is 11.0 Å². The van der Waals surface area contributed by atoms with E-state index < -0.39 is 0 Å². The Labute approximate surface area is 117 Å². The fourth-order valence-electron chi connectivity index (χ4n) is 2.18. The quantitative estimate of drug-likeness (QED) is 0.875. The van der Waals surface area contributed by atoms with Gasteiger partial charge in [0.05, 0.1) is 0 Å². The van der Waals surface area contributed by atoms with Gasteiger partial charge in [-0.05, 0) is 38.1 Å². The van der Waals surface area contributed by atoms with Crippen LogP contribution in [0.2, 0.25) is 0 Å². The fraction of sp³-hybridized carbons (Fsp3) is 0.385. The lowest BCUT2D eigenvalue weighted by molar-refractivity contribution is 0.380. The van der Waals surface area contributed by atoms with E-state index in [4.69, 9.17) is 9.26 Å². The number of rotatable bonds is 4. The number of nitrogens with zero attached hydrogens (tertiary/aromatic N) is 2. The van der Waals surface area contributed by atoms with Crippen molar-refractivity contribution in [3.05, 3.63) is 17.7 Å². The third-order valence-electron chi connectivity index (χ3n) is 3.04. The molecule has 0 spiro atoms. The summed E-state index contributed by atoms with van der Waals surface area (Å²) in [6, 6.07) is 3.99. The molecule has 1 aromatic carbocycles. The van der Waals surface area contributed by atoms with Crippen LogP contribution in [0.15, 0.2) is 21.6 Å². The van der Waals surface area contributed by atoms with Crippen LogP contribution in [0.5, 0.6) is 5.75 Å². The molecule has 0 radical (unpaired) electrons. The van der Waals surface area contributed by atoms with Crippen molar-refractivity contribution in [1.29, 1.82) is 0 Å². The average Bonchev–Trinajstić information content (AvgIpc) is 2.67. The van der Waals surface area contributed by atoms with Gasteiger partial charge in [0.1, 0.15) is 17.7 Å². The number of aromatic nitrogens is 1. The van der Waals surface area contributed by atoms with Gasteiger partial charge in [0.2, 0.25) is 5.82 Å². The Hall–Kier alpha value is -1.59. The highest BCUT2D eigenvalue weighted by Gasteiger charge is 2.18. The largest absolute Gasteiger partial charge is 0.487 e. The number of aryl methyl sites for hydroxylation is 1. The van der Waals surface area contributed by atoms with Gasteiger partial charge in [-0.3, -0.25) is 0 Å². The average molecular weight is 282 g/mol. The van der Waals surface area contributed by atoms with Gasteiger partial charge in [0.25, 0.3) is 0 Å². The van der Waals surface area contributed by atoms with Gasteiger partial charge in [0.15, 0.2) is 5.58 Å². The monoisotopic (exact) mass is 281 g/mol. The minimum atomic E-state index is 0. The van der Waals surface area contributed by atoms with E-state index in [2.05, 4.69) is 15.5 Å². The molecule has 0 atom stereocenters. The molecule has 2 heterocycles. The Morgan fingerprint density at radius 2 is 2.26 bits per heavy atom. The summed E-state index contributed by atoms with van der Waals surface area (Å²) >= 11 is 0. The van der Waals surface area contributed by atoms with E-state index >= 15 is 0 Å². The highest BCUT2D eigenvalue weighted by atomic mass is 35.5. The summed E-state index contributed by atoms with van der Waals surface area (Å²) in [4.78, 5) is 4.24. The molecule has 1 aromatic heterocycles. The van der Waals surface area contributed by atoms with Gasteiger partial charge in [-0.1, -0.05) is 11.2 Å². The molecule has 1 N–H and O–H groups in total. The van der Waals surface area contributed by atoms with Crippen LogP contribution in [0, 0.1) is 0 Å². The Morgan fingerprint density at radius 1 is 1.37 bits per heavy atom. The van der Waals surface area contributed by atoms with E-state index in [0.717, 1.165) is 36.1 Å². The van der Waals surface area contributed by atoms with Gasteiger partial charge in [-0.15, -0.1) is 12.4 Å². The molecule has 0 saturated heterocycles. The predicted octanol–water partition coefficient (Wildman–Crippen LogP) is 2.50. The van der Waals surface area contributed by atoms with Crippen LogP contribution in [0.4, 0.5) is 5.82 Å². The molecule has 1 aliphatic rings. The van der Waals surface area contributed by atoms with Crippen molar-refractivity contribution in [2.24, 2.45) is 4.99 Å². The molecule has 1 aliphatic heterocycles. The van der Waals surface area contributed by atoms with Gasteiger partial charge >= 0.3 is 0 Å². The van der Waals surface area contributed by atoms with Gasteiger partial charge in [-0.2, -0.15) is 0 Å². The maximum atomic E-state index is 5.77. The molecule has 0 aliphatic carbocycles.